The van der Waals surface area contributed by atoms with Crippen LogP contribution in [-0.4, -0.2) is 10.1 Å². The third kappa shape index (κ3) is 2.00. The molecule has 0 spiro atoms. The number of benzene rings is 1. The average Bonchev–Trinajstić information content (AvgIpc) is 2.12. The summed E-state index contributed by atoms with van der Waals surface area (Å²) in [6, 6.07) is 6.76. The van der Waals surface area contributed by atoms with Crippen LogP contribution in [0.1, 0.15) is 0 Å². The Morgan fingerprint density at radius 2 is 1.86 bits per heavy atom. The number of anilines is 1. The lowest BCUT2D eigenvalue weighted by molar-refractivity contribution is 0.481. The Kier molecular flexibility index (Phi) is 4.47. The zero-order valence-corrected chi connectivity index (χ0v) is 8.81. The first-order valence-corrected chi connectivity index (χ1v) is 3.61. The Hall–Kier alpha value is -1.19. The molecule has 0 saturated heterocycles. The number of nitrogen functional groups attached to an aromatic ring is 1. The summed E-state index contributed by atoms with van der Waals surface area (Å²) in [4.78, 5) is 4.06. The van der Waals surface area contributed by atoms with Gasteiger partial charge >= 0.3 is 0 Å². The van der Waals surface area contributed by atoms with E-state index in [1.807, 2.05) is 0 Å². The number of rotatable bonds is 0. The number of hydrogen-bond acceptors (Lipinski definition) is 3. The van der Waals surface area contributed by atoms with Crippen molar-refractivity contribution in [1.82, 2.24) is 4.98 Å². The maximum absolute atomic E-state index is 9.40. The van der Waals surface area contributed by atoms with Crippen molar-refractivity contribution in [1.29, 1.82) is 0 Å². The van der Waals surface area contributed by atoms with E-state index in [0.717, 1.165) is 0 Å². The van der Waals surface area contributed by atoms with Crippen LogP contribution in [0, 0.1) is 0 Å². The molecule has 0 unspecified atom stereocenters. The number of phenolic OH excluding ortho intramolecular Hbond substituents is 1. The molecule has 0 amide bonds. The normalized spacial score (nSPS) is 8.86. The average molecular weight is 233 g/mol. The highest BCUT2D eigenvalue weighted by Gasteiger charge is 2.01. The minimum atomic E-state index is 0. The highest BCUT2D eigenvalue weighted by Crippen LogP contribution is 2.26. The molecule has 1 aromatic heterocycles. The maximum atomic E-state index is 9.40. The fourth-order valence-corrected chi connectivity index (χ4v) is 1.18. The second-order valence-corrected chi connectivity index (χ2v) is 2.57. The molecule has 1 heterocycles. The molecule has 14 heavy (non-hydrogen) atoms. The van der Waals surface area contributed by atoms with Crippen molar-refractivity contribution in [3.63, 3.8) is 0 Å². The van der Waals surface area contributed by atoms with Gasteiger partial charge in [-0.2, -0.15) is 0 Å². The molecular formula is C9H10Cl2N2O. The molecule has 3 N–H and O–H groups in total. The summed E-state index contributed by atoms with van der Waals surface area (Å²) in [6.07, 6.45) is 1.65. The molecule has 0 fully saturated rings. The fourth-order valence-electron chi connectivity index (χ4n) is 1.18. The van der Waals surface area contributed by atoms with Crippen molar-refractivity contribution >= 4 is 41.4 Å². The SMILES string of the molecule is Cl.Cl.Nc1ccc(O)c2cccnc12. The van der Waals surface area contributed by atoms with Gasteiger partial charge < -0.3 is 10.8 Å². The predicted octanol–water partition coefficient (Wildman–Crippen LogP) is 2.37. The first-order valence-electron chi connectivity index (χ1n) is 3.61. The number of aromatic hydroxyl groups is 1. The number of hydrogen-bond donors (Lipinski definition) is 2. The standard InChI is InChI=1S/C9H8N2O.2ClH/c10-7-3-4-8(12)6-2-1-5-11-9(6)7;;/h1-5,12H,10H2;2*1H. The van der Waals surface area contributed by atoms with Gasteiger partial charge in [0.05, 0.1) is 11.2 Å². The lowest BCUT2D eigenvalue weighted by atomic mass is 10.2. The lowest BCUT2D eigenvalue weighted by Gasteiger charge is -2.01. The van der Waals surface area contributed by atoms with Gasteiger partial charge in [0.2, 0.25) is 0 Å². The van der Waals surface area contributed by atoms with Crippen molar-refractivity contribution < 1.29 is 5.11 Å². The molecule has 0 aliphatic carbocycles. The van der Waals surface area contributed by atoms with Gasteiger partial charge in [-0.25, -0.2) is 0 Å². The van der Waals surface area contributed by atoms with Gasteiger partial charge in [0.25, 0.3) is 0 Å². The molecule has 3 nitrogen and oxygen atoms in total. The van der Waals surface area contributed by atoms with Gasteiger partial charge in [0.1, 0.15) is 5.75 Å². The van der Waals surface area contributed by atoms with E-state index in [9.17, 15) is 5.11 Å². The molecule has 0 aliphatic heterocycles. The molecule has 0 radical (unpaired) electrons. The van der Waals surface area contributed by atoms with Crippen molar-refractivity contribution in [2.75, 3.05) is 5.73 Å². The summed E-state index contributed by atoms with van der Waals surface area (Å²) >= 11 is 0. The van der Waals surface area contributed by atoms with Crippen LogP contribution in [0.15, 0.2) is 30.5 Å². The first-order chi connectivity index (χ1) is 5.79. The number of nitrogens with zero attached hydrogens (tertiary/aromatic N) is 1. The minimum absolute atomic E-state index is 0. The molecule has 2 aromatic rings. The van der Waals surface area contributed by atoms with Gasteiger partial charge in [-0.3, -0.25) is 4.98 Å². The van der Waals surface area contributed by atoms with Crippen molar-refractivity contribution in [3.05, 3.63) is 30.5 Å². The summed E-state index contributed by atoms with van der Waals surface area (Å²) in [6.45, 7) is 0. The van der Waals surface area contributed by atoms with Gasteiger partial charge in [-0.15, -0.1) is 24.8 Å². The van der Waals surface area contributed by atoms with Crippen LogP contribution in [0.25, 0.3) is 10.9 Å². The van der Waals surface area contributed by atoms with Crippen LogP contribution in [0.4, 0.5) is 5.69 Å². The summed E-state index contributed by atoms with van der Waals surface area (Å²) in [5.41, 5.74) is 6.89. The number of nitrogens with two attached hydrogens (primary N) is 1. The number of aromatic nitrogens is 1. The molecule has 0 saturated carbocycles. The minimum Gasteiger partial charge on any atom is -0.507 e. The molecular weight excluding hydrogens is 223 g/mol. The molecule has 0 aliphatic rings. The van der Waals surface area contributed by atoms with Gasteiger partial charge in [-0.1, -0.05) is 0 Å². The van der Waals surface area contributed by atoms with E-state index in [1.165, 1.54) is 0 Å². The molecule has 5 heteroatoms. The van der Waals surface area contributed by atoms with Crippen LogP contribution in [0.3, 0.4) is 0 Å². The Morgan fingerprint density at radius 1 is 1.14 bits per heavy atom. The molecule has 0 atom stereocenters. The monoisotopic (exact) mass is 232 g/mol. The zero-order chi connectivity index (χ0) is 8.55. The molecule has 0 bridgehead atoms. The lowest BCUT2D eigenvalue weighted by Crippen LogP contribution is -1.88. The summed E-state index contributed by atoms with van der Waals surface area (Å²) in [5.74, 6) is 0.215. The van der Waals surface area contributed by atoms with Gasteiger partial charge in [0.15, 0.2) is 0 Å². The molecule has 76 valence electrons. The van der Waals surface area contributed by atoms with E-state index in [-0.39, 0.29) is 30.6 Å². The van der Waals surface area contributed by atoms with Crippen LogP contribution in [0.2, 0.25) is 0 Å². The van der Waals surface area contributed by atoms with E-state index in [0.29, 0.717) is 16.6 Å². The van der Waals surface area contributed by atoms with Gasteiger partial charge in [0, 0.05) is 11.6 Å². The Labute approximate surface area is 93.8 Å². The smallest absolute Gasteiger partial charge is 0.125 e. The largest absolute Gasteiger partial charge is 0.507 e. The van der Waals surface area contributed by atoms with E-state index in [2.05, 4.69) is 4.98 Å². The van der Waals surface area contributed by atoms with Crippen molar-refractivity contribution in [2.24, 2.45) is 0 Å². The molecule has 2 rings (SSSR count). The number of halogens is 2. The van der Waals surface area contributed by atoms with E-state index in [1.54, 1.807) is 30.5 Å². The fraction of sp³-hybridized carbons (Fsp3) is 0. The number of phenols is 1. The summed E-state index contributed by atoms with van der Waals surface area (Å²) in [5, 5.41) is 10.1. The van der Waals surface area contributed by atoms with Crippen LogP contribution in [0.5, 0.6) is 5.75 Å². The van der Waals surface area contributed by atoms with Crippen molar-refractivity contribution in [2.45, 2.75) is 0 Å². The topological polar surface area (TPSA) is 59.1 Å². The Bertz CT molecular complexity index is 394. The van der Waals surface area contributed by atoms with Crippen LogP contribution < -0.4 is 5.73 Å². The third-order valence-electron chi connectivity index (χ3n) is 1.78. The van der Waals surface area contributed by atoms with E-state index < -0.39 is 0 Å². The van der Waals surface area contributed by atoms with E-state index >= 15 is 0 Å². The van der Waals surface area contributed by atoms with Crippen LogP contribution in [-0.2, 0) is 0 Å². The second-order valence-electron chi connectivity index (χ2n) is 2.57. The summed E-state index contributed by atoms with van der Waals surface area (Å²) < 4.78 is 0. The Morgan fingerprint density at radius 3 is 2.50 bits per heavy atom. The van der Waals surface area contributed by atoms with Gasteiger partial charge in [-0.05, 0) is 24.3 Å². The number of pyridine rings is 1. The maximum Gasteiger partial charge on any atom is 0.125 e. The second kappa shape index (κ2) is 4.88. The highest BCUT2D eigenvalue weighted by molar-refractivity contribution is 5.93. The predicted molar refractivity (Wildman–Crippen MR) is 62.3 cm³/mol. The zero-order valence-electron chi connectivity index (χ0n) is 7.18. The van der Waals surface area contributed by atoms with Crippen LogP contribution >= 0.6 is 24.8 Å². The number of fused-ring (bicyclic) bond motifs is 1. The highest BCUT2D eigenvalue weighted by atomic mass is 35.5. The third-order valence-corrected chi connectivity index (χ3v) is 1.78. The first kappa shape index (κ1) is 12.8. The Balaban J connectivity index is 0.000000845. The van der Waals surface area contributed by atoms with E-state index in [4.69, 9.17) is 5.73 Å². The summed E-state index contributed by atoms with van der Waals surface area (Å²) in [7, 11) is 0. The quantitative estimate of drug-likeness (QED) is 0.542. The molecule has 1 aromatic carbocycles. The van der Waals surface area contributed by atoms with Crippen molar-refractivity contribution in [3.8, 4) is 5.75 Å².